The summed E-state index contributed by atoms with van der Waals surface area (Å²) in [5.41, 5.74) is -0.301. The van der Waals surface area contributed by atoms with Crippen molar-refractivity contribution in [1.29, 1.82) is 0 Å². The van der Waals surface area contributed by atoms with Crippen LogP contribution in [0.1, 0.15) is 32.1 Å². The molecule has 5 nitrogen and oxygen atoms in total. The van der Waals surface area contributed by atoms with Crippen molar-refractivity contribution in [2.45, 2.75) is 38.1 Å². The van der Waals surface area contributed by atoms with Gasteiger partial charge in [-0.15, -0.1) is 0 Å². The van der Waals surface area contributed by atoms with E-state index in [1.807, 2.05) is 11.2 Å². The molecule has 1 spiro atoms. The maximum Gasteiger partial charge on any atom is 0.232 e. The average Bonchev–Trinajstić information content (AvgIpc) is 2.97. The van der Waals surface area contributed by atoms with Crippen LogP contribution in [0, 0.1) is 5.41 Å². The number of nitrogens with zero attached hydrogens (tertiary/aromatic N) is 2. The van der Waals surface area contributed by atoms with Crippen LogP contribution in [0.2, 0.25) is 0 Å². The van der Waals surface area contributed by atoms with Gasteiger partial charge < -0.3 is 14.5 Å². The van der Waals surface area contributed by atoms with Gasteiger partial charge >= 0.3 is 0 Å². The molecule has 0 aromatic rings. The molecule has 0 aromatic carbocycles. The third kappa shape index (κ3) is 3.00. The first-order valence-electron chi connectivity index (χ1n) is 8.32. The number of thioether (sulfide) groups is 1. The predicted octanol–water partition coefficient (Wildman–Crippen LogP) is 1.37. The molecular weight excluding hydrogens is 300 g/mol. The SMILES string of the molecule is CSCC(=O)N1CCC2(CCCN(C3CCOCC3)C2=O)C1. The Bertz CT molecular complexity index is 439. The lowest BCUT2D eigenvalue weighted by molar-refractivity contribution is -0.150. The minimum absolute atomic E-state index is 0.181. The van der Waals surface area contributed by atoms with E-state index in [1.165, 1.54) is 0 Å². The summed E-state index contributed by atoms with van der Waals surface area (Å²) in [6.45, 7) is 3.78. The van der Waals surface area contributed by atoms with Crippen molar-refractivity contribution in [2.24, 2.45) is 5.41 Å². The Kier molecular flexibility index (Phi) is 4.97. The molecule has 0 aliphatic carbocycles. The molecule has 0 aromatic heterocycles. The van der Waals surface area contributed by atoms with Crippen molar-refractivity contribution in [1.82, 2.24) is 9.80 Å². The standard InChI is InChI=1S/C16H26N2O3S/c1-22-11-14(19)17-8-6-16(12-17)5-2-7-18(15(16)20)13-3-9-21-10-4-13/h13H,2-12H2,1H3. The van der Waals surface area contributed by atoms with Crippen molar-refractivity contribution in [3.63, 3.8) is 0 Å². The second-order valence-electron chi connectivity index (χ2n) is 6.72. The summed E-state index contributed by atoms with van der Waals surface area (Å²) in [4.78, 5) is 29.3. The molecule has 3 fully saturated rings. The molecule has 1 atom stereocenters. The van der Waals surface area contributed by atoms with Crippen molar-refractivity contribution < 1.29 is 14.3 Å². The summed E-state index contributed by atoms with van der Waals surface area (Å²) in [5.74, 6) is 0.999. The van der Waals surface area contributed by atoms with Crippen molar-refractivity contribution >= 4 is 23.6 Å². The van der Waals surface area contributed by atoms with E-state index in [9.17, 15) is 9.59 Å². The summed E-state index contributed by atoms with van der Waals surface area (Å²) < 4.78 is 5.42. The lowest BCUT2D eigenvalue weighted by Crippen LogP contribution is -2.55. The van der Waals surface area contributed by atoms with Crippen LogP contribution in [-0.2, 0) is 14.3 Å². The molecule has 1 unspecified atom stereocenters. The van der Waals surface area contributed by atoms with Crippen molar-refractivity contribution in [3.05, 3.63) is 0 Å². The highest BCUT2D eigenvalue weighted by molar-refractivity contribution is 7.99. The van der Waals surface area contributed by atoms with Gasteiger partial charge in [0, 0.05) is 38.9 Å². The maximum atomic E-state index is 13.1. The van der Waals surface area contributed by atoms with Gasteiger partial charge in [-0.2, -0.15) is 11.8 Å². The molecule has 0 saturated carbocycles. The molecular formula is C16H26N2O3S. The largest absolute Gasteiger partial charge is 0.381 e. The third-order valence-corrected chi connectivity index (χ3v) is 5.91. The Morgan fingerprint density at radius 3 is 2.82 bits per heavy atom. The second kappa shape index (κ2) is 6.79. The van der Waals surface area contributed by atoms with Gasteiger partial charge in [0.1, 0.15) is 0 Å². The van der Waals surface area contributed by atoms with Gasteiger partial charge in [0.2, 0.25) is 11.8 Å². The number of amides is 2. The van der Waals surface area contributed by atoms with Crippen LogP contribution in [0.25, 0.3) is 0 Å². The quantitative estimate of drug-likeness (QED) is 0.786. The maximum absolute atomic E-state index is 13.1. The molecule has 3 aliphatic rings. The lowest BCUT2D eigenvalue weighted by Gasteiger charge is -2.44. The molecule has 3 saturated heterocycles. The first-order valence-corrected chi connectivity index (χ1v) is 9.71. The second-order valence-corrected chi connectivity index (χ2v) is 7.59. The van der Waals surface area contributed by atoms with Crippen LogP contribution < -0.4 is 0 Å². The summed E-state index contributed by atoms with van der Waals surface area (Å²) in [6, 6.07) is 0.342. The Balaban J connectivity index is 1.68. The number of carbonyl (C=O) groups is 2. The Labute approximate surface area is 136 Å². The zero-order valence-corrected chi connectivity index (χ0v) is 14.2. The van der Waals surface area contributed by atoms with E-state index >= 15 is 0 Å². The summed E-state index contributed by atoms with van der Waals surface area (Å²) in [7, 11) is 0. The number of hydrogen-bond acceptors (Lipinski definition) is 4. The molecule has 3 aliphatic heterocycles. The molecule has 0 radical (unpaired) electrons. The molecule has 22 heavy (non-hydrogen) atoms. The molecule has 2 amide bonds. The fourth-order valence-electron chi connectivity index (χ4n) is 4.12. The van der Waals surface area contributed by atoms with E-state index in [0.29, 0.717) is 24.2 Å². The zero-order valence-electron chi connectivity index (χ0n) is 13.4. The number of hydrogen-bond donors (Lipinski definition) is 0. The highest BCUT2D eigenvalue weighted by atomic mass is 32.2. The van der Waals surface area contributed by atoms with Gasteiger partial charge in [0.05, 0.1) is 11.2 Å². The molecule has 3 heterocycles. The van der Waals surface area contributed by atoms with Gasteiger partial charge in [0.25, 0.3) is 0 Å². The number of rotatable bonds is 3. The van der Waals surface area contributed by atoms with E-state index in [-0.39, 0.29) is 11.3 Å². The Hall–Kier alpha value is -0.750. The van der Waals surface area contributed by atoms with Gasteiger partial charge in [-0.25, -0.2) is 0 Å². The van der Waals surface area contributed by atoms with Crippen LogP contribution in [0.3, 0.4) is 0 Å². The zero-order chi connectivity index (χ0) is 15.6. The average molecular weight is 326 g/mol. The first-order chi connectivity index (χ1) is 10.7. The topological polar surface area (TPSA) is 49.9 Å². The molecule has 6 heteroatoms. The van der Waals surface area contributed by atoms with Gasteiger partial charge in [-0.1, -0.05) is 0 Å². The number of carbonyl (C=O) groups excluding carboxylic acids is 2. The van der Waals surface area contributed by atoms with E-state index in [4.69, 9.17) is 4.74 Å². The summed E-state index contributed by atoms with van der Waals surface area (Å²) in [5, 5.41) is 0. The van der Waals surface area contributed by atoms with Crippen LogP contribution in [0.15, 0.2) is 0 Å². The molecule has 3 rings (SSSR count). The molecule has 0 bridgehead atoms. The summed E-state index contributed by atoms with van der Waals surface area (Å²) >= 11 is 1.56. The van der Waals surface area contributed by atoms with E-state index in [1.54, 1.807) is 11.8 Å². The number of piperidine rings is 1. The number of ether oxygens (including phenoxy) is 1. The monoisotopic (exact) mass is 326 g/mol. The van der Waals surface area contributed by atoms with Crippen molar-refractivity contribution in [2.75, 3.05) is 44.9 Å². The smallest absolute Gasteiger partial charge is 0.232 e. The van der Waals surface area contributed by atoms with E-state index in [2.05, 4.69) is 4.90 Å². The first kappa shape index (κ1) is 16.1. The third-order valence-electron chi connectivity index (χ3n) is 5.37. The van der Waals surface area contributed by atoms with Gasteiger partial charge in [-0.05, 0) is 38.4 Å². The van der Waals surface area contributed by atoms with E-state index < -0.39 is 0 Å². The van der Waals surface area contributed by atoms with Gasteiger partial charge in [-0.3, -0.25) is 9.59 Å². The minimum Gasteiger partial charge on any atom is -0.381 e. The number of likely N-dealkylation sites (tertiary alicyclic amines) is 2. The van der Waals surface area contributed by atoms with Gasteiger partial charge in [0.15, 0.2) is 0 Å². The van der Waals surface area contributed by atoms with Crippen LogP contribution in [0.5, 0.6) is 0 Å². The lowest BCUT2D eigenvalue weighted by atomic mass is 9.77. The van der Waals surface area contributed by atoms with Crippen LogP contribution in [-0.4, -0.2) is 72.5 Å². The fraction of sp³-hybridized carbons (Fsp3) is 0.875. The molecule has 0 N–H and O–H groups in total. The van der Waals surface area contributed by atoms with Crippen molar-refractivity contribution in [3.8, 4) is 0 Å². The molecule has 124 valence electrons. The highest BCUT2D eigenvalue weighted by Crippen LogP contribution is 2.41. The van der Waals surface area contributed by atoms with Crippen LogP contribution >= 0.6 is 11.8 Å². The highest BCUT2D eigenvalue weighted by Gasteiger charge is 2.50. The predicted molar refractivity (Wildman–Crippen MR) is 86.8 cm³/mol. The minimum atomic E-state index is -0.301. The van der Waals surface area contributed by atoms with E-state index in [0.717, 1.165) is 58.4 Å². The Morgan fingerprint density at radius 1 is 1.32 bits per heavy atom. The van der Waals surface area contributed by atoms with Crippen LogP contribution in [0.4, 0.5) is 0 Å². The Morgan fingerprint density at radius 2 is 2.09 bits per heavy atom. The fourth-order valence-corrected chi connectivity index (χ4v) is 4.55. The summed E-state index contributed by atoms with van der Waals surface area (Å²) in [6.07, 6.45) is 6.70. The normalized spacial score (nSPS) is 30.3.